The van der Waals surface area contributed by atoms with Crippen LogP contribution in [0.3, 0.4) is 0 Å². The first-order valence-corrected chi connectivity index (χ1v) is 7.72. The molecule has 0 radical (unpaired) electrons. The minimum atomic E-state index is -0.534. The lowest BCUT2D eigenvalue weighted by Crippen LogP contribution is -2.42. The summed E-state index contributed by atoms with van der Waals surface area (Å²) in [6, 6.07) is 2.29. The summed E-state index contributed by atoms with van der Waals surface area (Å²) >= 11 is 0. The first-order valence-electron chi connectivity index (χ1n) is 7.72. The van der Waals surface area contributed by atoms with Gasteiger partial charge in [-0.15, -0.1) is 0 Å². The average molecular weight is 310 g/mol. The summed E-state index contributed by atoms with van der Waals surface area (Å²) in [6.45, 7) is 0.180. The van der Waals surface area contributed by atoms with E-state index in [4.69, 9.17) is 0 Å². The van der Waals surface area contributed by atoms with Crippen LogP contribution in [0.4, 0.5) is 13.6 Å². The second-order valence-electron chi connectivity index (χ2n) is 6.24. The Morgan fingerprint density at radius 1 is 1.23 bits per heavy atom. The van der Waals surface area contributed by atoms with E-state index in [1.807, 2.05) is 0 Å². The van der Waals surface area contributed by atoms with E-state index in [0.717, 1.165) is 43.9 Å². The van der Waals surface area contributed by atoms with Crippen LogP contribution in [0.25, 0.3) is 0 Å². The van der Waals surface area contributed by atoms with E-state index in [1.165, 1.54) is 0 Å². The molecule has 0 aromatic heterocycles. The fourth-order valence-electron chi connectivity index (χ4n) is 2.67. The number of aliphatic hydroxyl groups is 1. The molecule has 120 valence electrons. The Balaban J connectivity index is 1.61. The molecule has 4 nitrogen and oxygen atoms in total. The van der Waals surface area contributed by atoms with Crippen molar-refractivity contribution in [3.63, 3.8) is 0 Å². The normalized spacial score (nSPS) is 20.3. The zero-order valence-corrected chi connectivity index (χ0v) is 12.2. The van der Waals surface area contributed by atoms with E-state index in [0.29, 0.717) is 0 Å². The molecule has 0 aliphatic heterocycles. The molecule has 0 saturated heterocycles. The molecule has 3 N–H and O–H groups in total. The number of aliphatic hydroxyl groups excluding tert-OH is 1. The molecule has 22 heavy (non-hydrogen) atoms. The molecular weight excluding hydrogens is 290 g/mol. The van der Waals surface area contributed by atoms with Gasteiger partial charge in [-0.25, -0.2) is 13.6 Å². The Bertz CT molecular complexity index is 559. The third-order valence-corrected chi connectivity index (χ3v) is 4.31. The molecule has 2 saturated carbocycles. The highest BCUT2D eigenvalue weighted by Gasteiger charge is 2.35. The fraction of sp³-hybridized carbons (Fsp3) is 0.562. The number of hydrogen-bond acceptors (Lipinski definition) is 2. The number of amides is 2. The van der Waals surface area contributed by atoms with E-state index in [1.54, 1.807) is 0 Å². The quantitative estimate of drug-likeness (QED) is 0.756. The van der Waals surface area contributed by atoms with Crippen molar-refractivity contribution in [2.24, 2.45) is 11.8 Å². The summed E-state index contributed by atoms with van der Waals surface area (Å²) in [7, 11) is 0. The molecule has 2 aliphatic carbocycles. The average Bonchev–Trinajstić information content (AvgIpc) is 3.37. The van der Waals surface area contributed by atoms with Crippen LogP contribution in [0.2, 0.25) is 0 Å². The molecule has 0 spiro atoms. The van der Waals surface area contributed by atoms with Gasteiger partial charge >= 0.3 is 6.03 Å². The standard InChI is InChI=1S/C16H20F2N2O2/c17-11-5-6-13(18)12(7-11)15(10-3-4-10)20-16(22)19-8-14(21)9-1-2-9/h5-7,9-10,14-15,21H,1-4,8H2,(H2,19,20,22). The topological polar surface area (TPSA) is 61.4 Å². The molecule has 2 atom stereocenters. The van der Waals surface area contributed by atoms with E-state index in [2.05, 4.69) is 10.6 Å². The SMILES string of the molecule is O=C(NCC(O)C1CC1)NC(c1cc(F)ccc1F)C1CC1. The van der Waals surface area contributed by atoms with Crippen molar-refractivity contribution in [3.05, 3.63) is 35.4 Å². The molecule has 1 aromatic carbocycles. The second-order valence-corrected chi connectivity index (χ2v) is 6.24. The van der Waals surface area contributed by atoms with Gasteiger partial charge in [-0.1, -0.05) is 0 Å². The summed E-state index contributed by atoms with van der Waals surface area (Å²) in [5, 5.41) is 15.1. The third-order valence-electron chi connectivity index (χ3n) is 4.31. The van der Waals surface area contributed by atoms with Gasteiger partial charge in [0.2, 0.25) is 0 Å². The minimum absolute atomic E-state index is 0.135. The maximum absolute atomic E-state index is 13.9. The monoisotopic (exact) mass is 310 g/mol. The summed E-state index contributed by atoms with van der Waals surface area (Å²) in [5.41, 5.74) is 0.181. The zero-order chi connectivity index (χ0) is 15.7. The molecule has 3 rings (SSSR count). The Morgan fingerprint density at radius 3 is 2.55 bits per heavy atom. The second kappa shape index (κ2) is 6.20. The van der Waals surface area contributed by atoms with Gasteiger partial charge in [-0.3, -0.25) is 0 Å². The van der Waals surface area contributed by atoms with E-state index < -0.39 is 29.8 Å². The van der Waals surface area contributed by atoms with Gasteiger partial charge in [0.1, 0.15) is 11.6 Å². The van der Waals surface area contributed by atoms with Crippen molar-refractivity contribution in [3.8, 4) is 0 Å². The number of carbonyl (C=O) groups excluding carboxylic acids is 1. The number of nitrogens with one attached hydrogen (secondary N) is 2. The van der Waals surface area contributed by atoms with Gasteiger partial charge in [-0.2, -0.15) is 0 Å². The van der Waals surface area contributed by atoms with Gasteiger partial charge in [0.05, 0.1) is 12.1 Å². The van der Waals surface area contributed by atoms with Gasteiger partial charge in [0, 0.05) is 12.1 Å². The van der Waals surface area contributed by atoms with Crippen LogP contribution in [0.5, 0.6) is 0 Å². The van der Waals surface area contributed by atoms with Crippen LogP contribution < -0.4 is 10.6 Å². The highest BCUT2D eigenvalue weighted by atomic mass is 19.1. The Kier molecular flexibility index (Phi) is 4.29. The zero-order valence-electron chi connectivity index (χ0n) is 12.2. The summed E-state index contributed by atoms with van der Waals surface area (Å²) < 4.78 is 27.3. The third kappa shape index (κ3) is 3.74. The minimum Gasteiger partial charge on any atom is -0.391 e. The molecule has 2 aliphatic rings. The van der Waals surface area contributed by atoms with E-state index >= 15 is 0 Å². The number of benzene rings is 1. The van der Waals surface area contributed by atoms with Crippen LogP contribution in [0.15, 0.2) is 18.2 Å². The Morgan fingerprint density at radius 2 is 1.91 bits per heavy atom. The lowest BCUT2D eigenvalue weighted by Gasteiger charge is -2.20. The maximum Gasteiger partial charge on any atom is 0.315 e. The molecule has 2 fully saturated rings. The number of rotatable bonds is 6. The largest absolute Gasteiger partial charge is 0.391 e. The van der Waals surface area contributed by atoms with E-state index in [-0.39, 0.29) is 23.9 Å². The summed E-state index contributed by atoms with van der Waals surface area (Å²) in [4.78, 5) is 12.0. The van der Waals surface area contributed by atoms with Crippen molar-refractivity contribution >= 4 is 6.03 Å². The molecule has 0 heterocycles. The summed E-state index contributed by atoms with van der Waals surface area (Å²) in [6.07, 6.45) is 3.21. The number of carbonyl (C=O) groups is 1. The van der Waals surface area contributed by atoms with Gasteiger partial charge in [-0.05, 0) is 55.7 Å². The molecule has 2 amide bonds. The van der Waals surface area contributed by atoms with Gasteiger partial charge in [0.25, 0.3) is 0 Å². The first kappa shape index (κ1) is 15.2. The number of halogens is 2. The lowest BCUT2D eigenvalue weighted by molar-refractivity contribution is 0.148. The van der Waals surface area contributed by atoms with Crippen molar-refractivity contribution in [2.75, 3.05) is 6.54 Å². The first-order chi connectivity index (χ1) is 10.5. The number of hydrogen-bond donors (Lipinski definition) is 3. The predicted octanol–water partition coefficient (Wildman–Crippen LogP) is 2.49. The van der Waals surface area contributed by atoms with Crippen molar-refractivity contribution in [1.29, 1.82) is 0 Å². The molecule has 1 aromatic rings. The van der Waals surface area contributed by atoms with Crippen molar-refractivity contribution < 1.29 is 18.7 Å². The van der Waals surface area contributed by atoms with Gasteiger partial charge in [0.15, 0.2) is 0 Å². The van der Waals surface area contributed by atoms with Crippen molar-refractivity contribution in [1.82, 2.24) is 10.6 Å². The van der Waals surface area contributed by atoms with Crippen LogP contribution in [-0.2, 0) is 0 Å². The molecular formula is C16H20F2N2O2. The Labute approximate surface area is 127 Å². The van der Waals surface area contributed by atoms with Crippen LogP contribution in [0.1, 0.15) is 37.3 Å². The highest BCUT2D eigenvalue weighted by Crippen LogP contribution is 2.41. The fourth-order valence-corrected chi connectivity index (χ4v) is 2.67. The maximum atomic E-state index is 13.9. The summed E-state index contributed by atoms with van der Waals surface area (Å²) in [5.74, 6) is -0.624. The molecule has 2 unspecified atom stereocenters. The highest BCUT2D eigenvalue weighted by molar-refractivity contribution is 5.74. The molecule has 6 heteroatoms. The van der Waals surface area contributed by atoms with Crippen LogP contribution in [0, 0.1) is 23.5 Å². The Hall–Kier alpha value is -1.69. The van der Waals surface area contributed by atoms with Crippen LogP contribution in [-0.4, -0.2) is 23.8 Å². The predicted molar refractivity (Wildman–Crippen MR) is 77.1 cm³/mol. The van der Waals surface area contributed by atoms with Crippen molar-refractivity contribution in [2.45, 2.75) is 37.8 Å². The molecule has 0 bridgehead atoms. The van der Waals surface area contributed by atoms with Crippen LogP contribution >= 0.6 is 0 Å². The lowest BCUT2D eigenvalue weighted by atomic mass is 10.0. The smallest absolute Gasteiger partial charge is 0.315 e. The van der Waals surface area contributed by atoms with E-state index in [9.17, 15) is 18.7 Å². The van der Waals surface area contributed by atoms with Gasteiger partial charge < -0.3 is 15.7 Å². The number of urea groups is 1.